The summed E-state index contributed by atoms with van der Waals surface area (Å²) in [6.07, 6.45) is 0.228. The van der Waals surface area contributed by atoms with Crippen LogP contribution in [0.1, 0.15) is 16.8 Å². The van der Waals surface area contributed by atoms with E-state index in [9.17, 15) is 9.90 Å². The molecule has 0 aliphatic carbocycles. The Bertz CT molecular complexity index is 434. The molecule has 1 saturated heterocycles. The van der Waals surface area contributed by atoms with Gasteiger partial charge in [-0.25, -0.2) is 0 Å². The van der Waals surface area contributed by atoms with Crippen LogP contribution in [0.3, 0.4) is 0 Å². The van der Waals surface area contributed by atoms with Crippen molar-refractivity contribution in [3.8, 4) is 5.75 Å². The van der Waals surface area contributed by atoms with Crippen molar-refractivity contribution in [3.05, 3.63) is 23.8 Å². The Morgan fingerprint density at radius 2 is 2.35 bits per heavy atom. The van der Waals surface area contributed by atoms with Crippen molar-refractivity contribution >= 4 is 11.6 Å². The van der Waals surface area contributed by atoms with E-state index < -0.39 is 6.10 Å². The van der Waals surface area contributed by atoms with Crippen LogP contribution in [0.2, 0.25) is 0 Å². The monoisotopic (exact) mass is 236 g/mol. The van der Waals surface area contributed by atoms with Gasteiger partial charge in [0.15, 0.2) is 0 Å². The van der Waals surface area contributed by atoms with Crippen molar-refractivity contribution in [2.75, 3.05) is 25.9 Å². The number of ether oxygens (including phenoxy) is 1. The maximum atomic E-state index is 12.1. The van der Waals surface area contributed by atoms with E-state index in [1.54, 1.807) is 23.1 Å². The lowest BCUT2D eigenvalue weighted by molar-refractivity contribution is 0.0765. The molecule has 0 unspecified atom stereocenters. The summed E-state index contributed by atoms with van der Waals surface area (Å²) in [4.78, 5) is 13.7. The molecule has 0 aromatic heterocycles. The summed E-state index contributed by atoms with van der Waals surface area (Å²) in [7, 11) is 1.53. The molecule has 0 bridgehead atoms. The zero-order valence-electron chi connectivity index (χ0n) is 9.72. The van der Waals surface area contributed by atoms with E-state index in [2.05, 4.69) is 0 Å². The fraction of sp³-hybridized carbons (Fsp3) is 0.417. The number of aliphatic hydroxyl groups excluding tert-OH is 1. The van der Waals surface area contributed by atoms with Gasteiger partial charge in [-0.15, -0.1) is 0 Å². The van der Waals surface area contributed by atoms with Gasteiger partial charge in [0.05, 0.1) is 18.9 Å². The topological polar surface area (TPSA) is 75.8 Å². The van der Waals surface area contributed by atoms with Gasteiger partial charge >= 0.3 is 0 Å². The summed E-state index contributed by atoms with van der Waals surface area (Å²) in [5.41, 5.74) is 6.72. The molecule has 1 aliphatic heterocycles. The second kappa shape index (κ2) is 4.63. The van der Waals surface area contributed by atoms with Crippen LogP contribution in [-0.4, -0.2) is 42.2 Å². The quantitative estimate of drug-likeness (QED) is 0.732. The van der Waals surface area contributed by atoms with Crippen LogP contribution in [-0.2, 0) is 0 Å². The smallest absolute Gasteiger partial charge is 0.254 e. The Hall–Kier alpha value is -1.75. The number of benzene rings is 1. The predicted molar refractivity (Wildman–Crippen MR) is 63.9 cm³/mol. The van der Waals surface area contributed by atoms with Crippen LogP contribution in [0.4, 0.5) is 5.69 Å². The van der Waals surface area contributed by atoms with Crippen LogP contribution >= 0.6 is 0 Å². The Morgan fingerprint density at radius 3 is 2.88 bits per heavy atom. The van der Waals surface area contributed by atoms with Crippen molar-refractivity contribution in [1.29, 1.82) is 0 Å². The van der Waals surface area contributed by atoms with Crippen LogP contribution in [0.5, 0.6) is 5.75 Å². The zero-order valence-corrected chi connectivity index (χ0v) is 9.72. The zero-order chi connectivity index (χ0) is 12.4. The molecule has 17 heavy (non-hydrogen) atoms. The van der Waals surface area contributed by atoms with Gasteiger partial charge in [-0.3, -0.25) is 4.79 Å². The maximum Gasteiger partial charge on any atom is 0.254 e. The summed E-state index contributed by atoms with van der Waals surface area (Å²) < 4.78 is 5.03. The number of nitrogens with zero attached hydrogens (tertiary/aromatic N) is 1. The number of amides is 1. The van der Waals surface area contributed by atoms with Gasteiger partial charge < -0.3 is 20.5 Å². The van der Waals surface area contributed by atoms with Crippen LogP contribution < -0.4 is 10.5 Å². The van der Waals surface area contributed by atoms with Crippen LogP contribution in [0.15, 0.2) is 18.2 Å². The van der Waals surface area contributed by atoms with Crippen molar-refractivity contribution in [3.63, 3.8) is 0 Å². The SMILES string of the molecule is COc1ccc(C(=O)N2CC[C@@H](O)C2)cc1N. The lowest BCUT2D eigenvalue weighted by Crippen LogP contribution is -2.29. The second-order valence-corrected chi connectivity index (χ2v) is 4.15. The summed E-state index contributed by atoms with van der Waals surface area (Å²) in [6.45, 7) is 0.983. The third kappa shape index (κ3) is 2.34. The van der Waals surface area contributed by atoms with Gasteiger partial charge in [-0.05, 0) is 24.6 Å². The minimum absolute atomic E-state index is 0.101. The number of anilines is 1. The lowest BCUT2D eigenvalue weighted by atomic mass is 10.1. The molecular formula is C12H16N2O3. The molecule has 5 nitrogen and oxygen atoms in total. The Labute approximate surface area is 99.8 Å². The summed E-state index contributed by atoms with van der Waals surface area (Å²) in [5, 5.41) is 9.39. The number of hydrogen-bond acceptors (Lipinski definition) is 4. The highest BCUT2D eigenvalue weighted by Gasteiger charge is 2.25. The minimum atomic E-state index is -0.408. The summed E-state index contributed by atoms with van der Waals surface area (Å²) in [6, 6.07) is 4.96. The number of aliphatic hydroxyl groups is 1. The van der Waals surface area contributed by atoms with E-state index in [-0.39, 0.29) is 5.91 Å². The van der Waals surface area contributed by atoms with Gasteiger partial charge in [0.25, 0.3) is 5.91 Å². The Kier molecular flexibility index (Phi) is 3.19. The first kappa shape index (κ1) is 11.7. The number of carbonyl (C=O) groups is 1. The molecule has 92 valence electrons. The van der Waals surface area contributed by atoms with Gasteiger partial charge in [-0.2, -0.15) is 0 Å². The van der Waals surface area contributed by atoms with Gasteiger partial charge in [0.2, 0.25) is 0 Å². The fourth-order valence-corrected chi connectivity index (χ4v) is 1.98. The third-order valence-corrected chi connectivity index (χ3v) is 2.93. The van der Waals surface area contributed by atoms with Crippen molar-refractivity contribution < 1.29 is 14.6 Å². The molecule has 0 radical (unpaired) electrons. The third-order valence-electron chi connectivity index (χ3n) is 2.93. The highest BCUT2D eigenvalue weighted by Crippen LogP contribution is 2.23. The van der Waals surface area contributed by atoms with Gasteiger partial charge in [-0.1, -0.05) is 0 Å². The summed E-state index contributed by atoms with van der Waals surface area (Å²) >= 11 is 0. The van der Waals surface area contributed by atoms with Crippen molar-refractivity contribution in [2.45, 2.75) is 12.5 Å². The molecule has 2 rings (SSSR count). The molecule has 3 N–H and O–H groups in total. The molecule has 0 saturated carbocycles. The molecule has 0 spiro atoms. The van der Waals surface area contributed by atoms with E-state index in [1.165, 1.54) is 7.11 Å². The lowest BCUT2D eigenvalue weighted by Gasteiger charge is -2.16. The van der Waals surface area contributed by atoms with E-state index in [4.69, 9.17) is 10.5 Å². The highest BCUT2D eigenvalue weighted by atomic mass is 16.5. The molecule has 1 fully saturated rings. The number of nitrogen functional groups attached to an aromatic ring is 1. The highest BCUT2D eigenvalue weighted by molar-refractivity contribution is 5.95. The normalized spacial score (nSPS) is 19.4. The number of carbonyl (C=O) groups excluding carboxylic acids is 1. The van der Waals surface area contributed by atoms with Crippen LogP contribution in [0, 0.1) is 0 Å². The molecule has 1 amide bonds. The standard InChI is InChI=1S/C12H16N2O3/c1-17-11-3-2-8(6-10(11)13)12(16)14-5-4-9(15)7-14/h2-3,6,9,15H,4-5,7,13H2,1H3/t9-/m1/s1. The van der Waals surface area contributed by atoms with E-state index >= 15 is 0 Å². The first-order chi connectivity index (χ1) is 8.11. The van der Waals surface area contributed by atoms with E-state index in [0.29, 0.717) is 36.5 Å². The molecule has 1 aromatic carbocycles. The first-order valence-corrected chi connectivity index (χ1v) is 5.52. The minimum Gasteiger partial charge on any atom is -0.495 e. The molecular weight excluding hydrogens is 220 g/mol. The van der Waals surface area contributed by atoms with Crippen molar-refractivity contribution in [1.82, 2.24) is 4.90 Å². The largest absolute Gasteiger partial charge is 0.495 e. The number of likely N-dealkylation sites (tertiary alicyclic amines) is 1. The predicted octanol–water partition coefficient (Wildman–Crippen LogP) is 0.484. The fourth-order valence-electron chi connectivity index (χ4n) is 1.98. The number of nitrogens with two attached hydrogens (primary N) is 1. The molecule has 1 heterocycles. The van der Waals surface area contributed by atoms with E-state index in [1.807, 2.05) is 0 Å². The number of hydrogen-bond donors (Lipinski definition) is 2. The van der Waals surface area contributed by atoms with Crippen LogP contribution in [0.25, 0.3) is 0 Å². The Morgan fingerprint density at radius 1 is 1.59 bits per heavy atom. The second-order valence-electron chi connectivity index (χ2n) is 4.15. The number of rotatable bonds is 2. The molecule has 1 aliphatic rings. The van der Waals surface area contributed by atoms with Gasteiger partial charge in [0, 0.05) is 18.7 Å². The van der Waals surface area contributed by atoms with Gasteiger partial charge in [0.1, 0.15) is 5.75 Å². The van der Waals surface area contributed by atoms with Crippen molar-refractivity contribution in [2.24, 2.45) is 0 Å². The summed E-state index contributed by atoms with van der Waals surface area (Å²) in [5.74, 6) is 0.457. The molecule has 1 aromatic rings. The number of methoxy groups -OCH3 is 1. The molecule has 5 heteroatoms. The average molecular weight is 236 g/mol. The average Bonchev–Trinajstić information content (AvgIpc) is 2.75. The molecule has 1 atom stereocenters. The first-order valence-electron chi connectivity index (χ1n) is 5.52. The Balaban J connectivity index is 2.17. The maximum absolute atomic E-state index is 12.1. The number of β-amino-alcohol motifs (C(OH)–C–C–N with tert-alkyl or cyclic N) is 1. The van der Waals surface area contributed by atoms with E-state index in [0.717, 1.165) is 0 Å².